The van der Waals surface area contributed by atoms with Crippen LogP contribution in [0.25, 0.3) is 5.65 Å². The van der Waals surface area contributed by atoms with Gasteiger partial charge in [0.25, 0.3) is 5.56 Å². The van der Waals surface area contributed by atoms with E-state index in [0.29, 0.717) is 18.2 Å². The van der Waals surface area contributed by atoms with E-state index in [1.165, 1.54) is 0 Å². The van der Waals surface area contributed by atoms with Crippen molar-refractivity contribution in [2.45, 2.75) is 17.8 Å². The summed E-state index contributed by atoms with van der Waals surface area (Å²) in [7, 11) is -5.06. The molecule has 2 heterocycles. The summed E-state index contributed by atoms with van der Waals surface area (Å²) in [5, 5.41) is 6.41. The molecule has 0 amide bonds. The lowest BCUT2D eigenvalue weighted by Gasteiger charge is -2.22. The van der Waals surface area contributed by atoms with E-state index < -0.39 is 84.1 Å². The van der Waals surface area contributed by atoms with Crippen LogP contribution in [0.4, 0.5) is 26.3 Å². The van der Waals surface area contributed by atoms with Crippen molar-refractivity contribution < 1.29 is 39.9 Å². The van der Waals surface area contributed by atoms with Crippen molar-refractivity contribution in [3.8, 4) is 5.88 Å². The predicted octanol–water partition coefficient (Wildman–Crippen LogP) is 3.93. The first-order chi connectivity index (χ1) is 14.7. The van der Waals surface area contributed by atoms with E-state index in [1.54, 1.807) is 0 Å². The smallest absolute Gasteiger partial charge is 0.390 e. The van der Waals surface area contributed by atoms with E-state index >= 15 is 0 Å². The number of rotatable bonds is 5. The molecule has 0 spiro atoms. The molecule has 3 rings (SSSR count). The van der Waals surface area contributed by atoms with Crippen molar-refractivity contribution in [2.24, 2.45) is 0 Å². The first-order valence-corrected chi connectivity index (χ1v) is 10.6. The molecule has 0 aliphatic carbocycles. The molecule has 1 aromatic carbocycles. The van der Waals surface area contributed by atoms with Gasteiger partial charge in [-0.05, 0) is 23.8 Å². The second kappa shape index (κ2) is 8.28. The summed E-state index contributed by atoms with van der Waals surface area (Å²) in [5.74, 6) is -7.54. The zero-order valence-electron chi connectivity index (χ0n) is 15.5. The van der Waals surface area contributed by atoms with Crippen molar-refractivity contribution in [1.82, 2.24) is 9.38 Å². The van der Waals surface area contributed by atoms with Crippen LogP contribution in [0.15, 0.2) is 35.3 Å². The minimum atomic E-state index is -5.06. The van der Waals surface area contributed by atoms with E-state index in [4.69, 9.17) is 11.6 Å². The largest absolute Gasteiger partial charge is 0.493 e. The number of aromatic nitrogens is 2. The number of alkyl halides is 3. The minimum Gasteiger partial charge on any atom is -0.493 e. The highest BCUT2D eigenvalue weighted by molar-refractivity contribution is 7.91. The van der Waals surface area contributed by atoms with E-state index in [-0.39, 0.29) is 0 Å². The van der Waals surface area contributed by atoms with E-state index in [0.717, 1.165) is 16.7 Å². The third-order valence-corrected chi connectivity index (χ3v) is 6.72. The molecule has 0 aliphatic rings. The van der Waals surface area contributed by atoms with Crippen LogP contribution in [0, 0.1) is 17.5 Å². The van der Waals surface area contributed by atoms with Gasteiger partial charge < -0.3 is 5.11 Å². The number of aromatic hydroxyl groups is 1. The van der Waals surface area contributed by atoms with Crippen LogP contribution in [0.3, 0.4) is 0 Å². The standard InChI is InChI=1S/C18H11ClF6N2O4S/c19-9-7-27-12(26-13(28)6-14(27)29)5-8(9)17(32(30,31)4-3-18(23,24)25)15-10(20)1-2-11(21)16(15)22/h1-2,5-7,17,28H,3-4H2. The summed E-state index contributed by atoms with van der Waals surface area (Å²) in [6.07, 6.45) is -5.97. The first kappa shape index (κ1) is 23.9. The monoisotopic (exact) mass is 500 g/mol. The average Bonchev–Trinajstić information content (AvgIpc) is 2.67. The molecule has 6 nitrogen and oxygen atoms in total. The van der Waals surface area contributed by atoms with Gasteiger partial charge in [-0.2, -0.15) is 18.2 Å². The number of halogens is 7. The third-order valence-electron chi connectivity index (χ3n) is 4.42. The van der Waals surface area contributed by atoms with Gasteiger partial charge in [-0.1, -0.05) is 11.6 Å². The summed E-state index contributed by atoms with van der Waals surface area (Å²) in [4.78, 5) is 15.5. The molecule has 1 unspecified atom stereocenters. The molecule has 172 valence electrons. The number of hydrogen-bond acceptors (Lipinski definition) is 5. The van der Waals surface area contributed by atoms with Crippen molar-refractivity contribution in [3.63, 3.8) is 0 Å². The van der Waals surface area contributed by atoms with E-state index in [2.05, 4.69) is 4.98 Å². The highest BCUT2D eigenvalue weighted by Crippen LogP contribution is 2.39. The van der Waals surface area contributed by atoms with Gasteiger partial charge in [0.2, 0.25) is 5.88 Å². The maximum absolute atomic E-state index is 14.5. The van der Waals surface area contributed by atoms with Gasteiger partial charge in [0.15, 0.2) is 21.5 Å². The Labute approximate surface area is 180 Å². The Kier molecular flexibility index (Phi) is 6.17. The summed E-state index contributed by atoms with van der Waals surface area (Å²) in [6.45, 7) is 0. The van der Waals surface area contributed by atoms with Crippen LogP contribution < -0.4 is 5.56 Å². The zero-order chi connectivity index (χ0) is 24.0. The topological polar surface area (TPSA) is 88.7 Å². The van der Waals surface area contributed by atoms with Crippen LogP contribution in [-0.4, -0.2) is 34.8 Å². The Morgan fingerprint density at radius 3 is 2.38 bits per heavy atom. The Morgan fingerprint density at radius 2 is 1.75 bits per heavy atom. The van der Waals surface area contributed by atoms with E-state index in [1.807, 2.05) is 0 Å². The molecule has 14 heteroatoms. The molecule has 0 radical (unpaired) electrons. The van der Waals surface area contributed by atoms with Crippen LogP contribution in [-0.2, 0) is 9.84 Å². The van der Waals surface area contributed by atoms with E-state index in [9.17, 15) is 44.7 Å². The molecule has 3 aromatic rings. The molecule has 0 saturated heterocycles. The fourth-order valence-corrected chi connectivity index (χ4v) is 5.25. The fourth-order valence-electron chi connectivity index (χ4n) is 3.01. The molecule has 0 fully saturated rings. The maximum atomic E-state index is 14.5. The van der Waals surface area contributed by atoms with Gasteiger partial charge in [0, 0.05) is 11.8 Å². The van der Waals surface area contributed by atoms with Crippen LogP contribution >= 0.6 is 11.6 Å². The molecule has 1 N–H and O–H groups in total. The number of benzene rings is 1. The lowest BCUT2D eigenvalue weighted by molar-refractivity contribution is -0.129. The van der Waals surface area contributed by atoms with Crippen LogP contribution in [0.2, 0.25) is 5.02 Å². The van der Waals surface area contributed by atoms with Gasteiger partial charge in [0.05, 0.1) is 23.3 Å². The van der Waals surface area contributed by atoms with Crippen molar-refractivity contribution >= 4 is 27.1 Å². The second-order valence-electron chi connectivity index (χ2n) is 6.63. The molecular formula is C18H11ClF6N2O4S. The van der Waals surface area contributed by atoms with Crippen molar-refractivity contribution in [1.29, 1.82) is 0 Å². The summed E-state index contributed by atoms with van der Waals surface area (Å²) < 4.78 is 107. The third kappa shape index (κ3) is 4.67. The number of nitrogens with zero attached hydrogens (tertiary/aromatic N) is 2. The van der Waals surface area contributed by atoms with Crippen LogP contribution in [0.1, 0.15) is 22.8 Å². The van der Waals surface area contributed by atoms with Gasteiger partial charge in [0.1, 0.15) is 16.7 Å². The number of hydrogen-bond donors (Lipinski definition) is 1. The molecule has 0 aliphatic heterocycles. The molecule has 0 saturated carbocycles. The minimum absolute atomic E-state index is 0.370. The average molecular weight is 501 g/mol. The molecule has 32 heavy (non-hydrogen) atoms. The summed E-state index contributed by atoms with van der Waals surface area (Å²) in [6, 6.07) is 2.22. The maximum Gasteiger partial charge on any atom is 0.390 e. The summed E-state index contributed by atoms with van der Waals surface area (Å²) >= 11 is 6.02. The van der Waals surface area contributed by atoms with Crippen molar-refractivity contribution in [3.05, 3.63) is 74.4 Å². The Hall–Kier alpha value is -2.80. The lowest BCUT2D eigenvalue weighted by Crippen LogP contribution is -2.25. The second-order valence-corrected chi connectivity index (χ2v) is 9.24. The Morgan fingerprint density at radius 1 is 1.12 bits per heavy atom. The molecule has 1 atom stereocenters. The highest BCUT2D eigenvalue weighted by Gasteiger charge is 2.39. The lowest BCUT2D eigenvalue weighted by atomic mass is 10.0. The quantitative estimate of drug-likeness (QED) is 0.424. The Bertz CT molecular complexity index is 1370. The number of pyridine rings is 1. The fraction of sp³-hybridized carbons (Fsp3) is 0.222. The normalized spacial score (nSPS) is 13.5. The highest BCUT2D eigenvalue weighted by atomic mass is 35.5. The SMILES string of the molecule is O=c1cc(O)nc2cc(C(c3c(F)ccc(F)c3F)S(=O)(=O)CCC(F)(F)F)c(Cl)cn12. The Balaban J connectivity index is 2.35. The first-order valence-electron chi connectivity index (χ1n) is 8.55. The van der Waals surface area contributed by atoms with Crippen molar-refractivity contribution in [2.75, 3.05) is 5.75 Å². The molecular weight excluding hydrogens is 490 g/mol. The van der Waals surface area contributed by atoms with Gasteiger partial charge in [-0.3, -0.25) is 9.20 Å². The van der Waals surface area contributed by atoms with Gasteiger partial charge in [-0.25, -0.2) is 21.6 Å². The molecule has 0 bridgehead atoms. The van der Waals surface area contributed by atoms with Gasteiger partial charge in [-0.15, -0.1) is 0 Å². The number of sulfone groups is 1. The predicted molar refractivity (Wildman–Crippen MR) is 101 cm³/mol. The van der Waals surface area contributed by atoms with Gasteiger partial charge >= 0.3 is 6.18 Å². The van der Waals surface area contributed by atoms with Crippen LogP contribution in [0.5, 0.6) is 5.88 Å². The molecule has 2 aromatic heterocycles. The summed E-state index contributed by atoms with van der Waals surface area (Å²) in [5.41, 5.74) is -3.35. The number of fused-ring (bicyclic) bond motifs is 1. The zero-order valence-corrected chi connectivity index (χ0v) is 17.1.